The van der Waals surface area contributed by atoms with Crippen molar-refractivity contribution < 1.29 is 0 Å². The van der Waals surface area contributed by atoms with Crippen LogP contribution in [0.25, 0.3) is 10.8 Å². The molecule has 0 aromatic heterocycles. The molecule has 0 nitrogen and oxygen atoms in total. The maximum absolute atomic E-state index is 2.36. The molecule has 17 heavy (non-hydrogen) atoms. The third kappa shape index (κ3) is 2.22. The molecule has 2 aromatic rings. The van der Waals surface area contributed by atoms with Crippen LogP contribution in [0, 0.1) is 20.8 Å². The summed E-state index contributed by atoms with van der Waals surface area (Å²) in [5.74, 6) is 0. The van der Waals surface area contributed by atoms with Gasteiger partial charge in [0.05, 0.1) is 0 Å². The summed E-state index contributed by atoms with van der Waals surface area (Å²) in [7, 11) is 0. The summed E-state index contributed by atoms with van der Waals surface area (Å²) in [5, 5.41) is 2.72. The smallest absolute Gasteiger partial charge is 0.0129 e. The van der Waals surface area contributed by atoms with E-state index in [-0.39, 0.29) is 5.41 Å². The number of aryl methyl sites for hydroxylation is 3. The van der Waals surface area contributed by atoms with E-state index in [4.69, 9.17) is 0 Å². The second-order valence-electron chi connectivity index (χ2n) is 6.20. The van der Waals surface area contributed by atoms with Gasteiger partial charge in [0, 0.05) is 0 Å². The predicted octanol–water partition coefficient (Wildman–Crippen LogP) is 5.06. The van der Waals surface area contributed by atoms with Gasteiger partial charge in [-0.1, -0.05) is 45.0 Å². The fraction of sp³-hybridized carbons (Fsp3) is 0.412. The van der Waals surface area contributed by atoms with E-state index < -0.39 is 0 Å². The molecule has 0 fully saturated rings. The van der Waals surface area contributed by atoms with Crippen molar-refractivity contribution in [1.29, 1.82) is 0 Å². The molecule has 90 valence electrons. The van der Waals surface area contributed by atoms with Gasteiger partial charge in [-0.05, 0) is 59.2 Å². The van der Waals surface area contributed by atoms with E-state index in [0.29, 0.717) is 0 Å². The normalized spacial score (nSPS) is 12.1. The monoisotopic (exact) mass is 226 g/mol. The Labute approximate surface area is 105 Å². The molecule has 0 aliphatic heterocycles. The molecule has 0 heterocycles. The maximum Gasteiger partial charge on any atom is -0.0129 e. The molecule has 2 aromatic carbocycles. The molecule has 0 amide bonds. The Bertz CT molecular complexity index is 569. The van der Waals surface area contributed by atoms with Gasteiger partial charge < -0.3 is 0 Å². The first-order valence-electron chi connectivity index (χ1n) is 6.31. The van der Waals surface area contributed by atoms with Crippen LogP contribution in [0.4, 0.5) is 0 Å². The van der Waals surface area contributed by atoms with E-state index in [2.05, 4.69) is 65.8 Å². The average molecular weight is 226 g/mol. The van der Waals surface area contributed by atoms with Gasteiger partial charge in [-0.3, -0.25) is 0 Å². The molecule has 0 spiro atoms. The van der Waals surface area contributed by atoms with Gasteiger partial charge in [-0.25, -0.2) is 0 Å². The molecule has 0 saturated heterocycles. The van der Waals surface area contributed by atoms with Crippen molar-refractivity contribution in [3.8, 4) is 0 Å². The van der Waals surface area contributed by atoms with Crippen LogP contribution < -0.4 is 0 Å². The maximum atomic E-state index is 2.36. The SMILES string of the molecule is Cc1cc2cc(C)c(C(C)(C)C)cc2cc1C. The van der Waals surface area contributed by atoms with Crippen LogP contribution in [0.5, 0.6) is 0 Å². The molecule has 0 atom stereocenters. The van der Waals surface area contributed by atoms with Crippen molar-refractivity contribution in [1.82, 2.24) is 0 Å². The Morgan fingerprint density at radius 3 is 1.53 bits per heavy atom. The van der Waals surface area contributed by atoms with E-state index in [1.807, 2.05) is 0 Å². The minimum Gasteiger partial charge on any atom is -0.0561 e. The van der Waals surface area contributed by atoms with Gasteiger partial charge in [0.2, 0.25) is 0 Å². The Morgan fingerprint density at radius 2 is 1.06 bits per heavy atom. The highest BCUT2D eigenvalue weighted by atomic mass is 14.2. The quantitative estimate of drug-likeness (QED) is 0.589. The molecule has 0 aliphatic rings. The summed E-state index contributed by atoms with van der Waals surface area (Å²) in [6, 6.07) is 9.28. The summed E-state index contributed by atoms with van der Waals surface area (Å²) in [5.41, 5.74) is 5.82. The fourth-order valence-electron chi connectivity index (χ4n) is 2.50. The van der Waals surface area contributed by atoms with E-state index in [1.54, 1.807) is 0 Å². The van der Waals surface area contributed by atoms with Gasteiger partial charge in [-0.15, -0.1) is 0 Å². The van der Waals surface area contributed by atoms with Crippen molar-refractivity contribution in [3.63, 3.8) is 0 Å². The highest BCUT2D eigenvalue weighted by Gasteiger charge is 2.16. The zero-order valence-electron chi connectivity index (χ0n) is 11.8. The molecule has 0 saturated carbocycles. The molecule has 0 aliphatic carbocycles. The van der Waals surface area contributed by atoms with Crippen molar-refractivity contribution in [2.45, 2.75) is 47.0 Å². The van der Waals surface area contributed by atoms with Gasteiger partial charge in [0.1, 0.15) is 0 Å². The van der Waals surface area contributed by atoms with E-state index in [1.165, 1.54) is 33.0 Å². The van der Waals surface area contributed by atoms with Gasteiger partial charge in [0.25, 0.3) is 0 Å². The molecule has 0 heteroatoms. The van der Waals surface area contributed by atoms with Crippen LogP contribution in [-0.4, -0.2) is 0 Å². The van der Waals surface area contributed by atoms with Crippen molar-refractivity contribution in [2.24, 2.45) is 0 Å². The number of fused-ring (bicyclic) bond motifs is 1. The molecular formula is C17H22. The second-order valence-corrected chi connectivity index (χ2v) is 6.20. The number of rotatable bonds is 0. The molecule has 0 unspecified atom stereocenters. The standard InChI is InChI=1S/C17H22/c1-11-7-14-9-13(3)16(17(4,5)6)10-15(14)8-12(11)2/h7-10H,1-6H3. The van der Waals surface area contributed by atoms with Crippen LogP contribution in [0.15, 0.2) is 24.3 Å². The molecule has 2 rings (SSSR count). The molecule has 0 bridgehead atoms. The summed E-state index contributed by atoms with van der Waals surface area (Å²) in [6.07, 6.45) is 0. The van der Waals surface area contributed by atoms with Gasteiger partial charge in [-0.2, -0.15) is 0 Å². The third-order valence-corrected chi connectivity index (χ3v) is 3.60. The summed E-state index contributed by atoms with van der Waals surface area (Å²) < 4.78 is 0. The molecular weight excluding hydrogens is 204 g/mol. The Hall–Kier alpha value is -1.30. The minimum absolute atomic E-state index is 0.219. The van der Waals surface area contributed by atoms with E-state index in [0.717, 1.165) is 0 Å². The van der Waals surface area contributed by atoms with E-state index >= 15 is 0 Å². The number of benzene rings is 2. The summed E-state index contributed by atoms with van der Waals surface area (Å²) >= 11 is 0. The number of hydrogen-bond donors (Lipinski definition) is 0. The van der Waals surface area contributed by atoms with Gasteiger partial charge >= 0.3 is 0 Å². The van der Waals surface area contributed by atoms with E-state index in [9.17, 15) is 0 Å². The first-order valence-corrected chi connectivity index (χ1v) is 6.31. The lowest BCUT2D eigenvalue weighted by molar-refractivity contribution is 0.587. The zero-order chi connectivity index (χ0) is 12.8. The van der Waals surface area contributed by atoms with Crippen molar-refractivity contribution in [2.75, 3.05) is 0 Å². The Kier molecular flexibility index (Phi) is 2.77. The van der Waals surface area contributed by atoms with Crippen molar-refractivity contribution >= 4 is 10.8 Å². The largest absolute Gasteiger partial charge is 0.0561 e. The zero-order valence-corrected chi connectivity index (χ0v) is 11.8. The average Bonchev–Trinajstić information content (AvgIpc) is 2.18. The van der Waals surface area contributed by atoms with Gasteiger partial charge in [0.15, 0.2) is 0 Å². The van der Waals surface area contributed by atoms with Crippen LogP contribution in [0.2, 0.25) is 0 Å². The number of hydrogen-bond acceptors (Lipinski definition) is 0. The fourth-order valence-corrected chi connectivity index (χ4v) is 2.50. The molecule has 0 N–H and O–H groups in total. The first-order chi connectivity index (χ1) is 7.79. The highest BCUT2D eigenvalue weighted by molar-refractivity contribution is 5.86. The van der Waals surface area contributed by atoms with Crippen LogP contribution in [0.1, 0.15) is 43.0 Å². The van der Waals surface area contributed by atoms with Crippen molar-refractivity contribution in [3.05, 3.63) is 46.5 Å². The third-order valence-electron chi connectivity index (χ3n) is 3.60. The minimum atomic E-state index is 0.219. The molecule has 0 radical (unpaired) electrons. The lowest BCUT2D eigenvalue weighted by Crippen LogP contribution is -2.12. The summed E-state index contributed by atoms with van der Waals surface area (Å²) in [6.45, 7) is 13.4. The lowest BCUT2D eigenvalue weighted by atomic mass is 9.82. The predicted molar refractivity (Wildman–Crippen MR) is 76.9 cm³/mol. The summed E-state index contributed by atoms with van der Waals surface area (Å²) in [4.78, 5) is 0. The van der Waals surface area contributed by atoms with Crippen LogP contribution in [0.3, 0.4) is 0 Å². The second kappa shape index (κ2) is 3.87. The first kappa shape index (κ1) is 12.2. The van der Waals surface area contributed by atoms with Crippen LogP contribution in [-0.2, 0) is 5.41 Å². The Balaban J connectivity index is 2.76. The Morgan fingerprint density at radius 1 is 0.647 bits per heavy atom. The van der Waals surface area contributed by atoms with Crippen LogP contribution >= 0.6 is 0 Å². The lowest BCUT2D eigenvalue weighted by Gasteiger charge is -2.22. The highest BCUT2D eigenvalue weighted by Crippen LogP contribution is 2.30. The topological polar surface area (TPSA) is 0 Å².